The lowest BCUT2D eigenvalue weighted by atomic mass is 9.75. The van der Waals surface area contributed by atoms with E-state index in [0.29, 0.717) is 38.5 Å². The highest BCUT2D eigenvalue weighted by atomic mass is 19.2. The fourth-order valence-electron chi connectivity index (χ4n) is 5.71. The summed E-state index contributed by atoms with van der Waals surface area (Å²) in [6.07, 6.45) is 3.54. The molecule has 1 N–H and O–H groups in total. The molecule has 1 saturated carbocycles. The van der Waals surface area contributed by atoms with Crippen molar-refractivity contribution in [3.8, 4) is 16.9 Å². The highest BCUT2D eigenvalue weighted by Gasteiger charge is 2.30. The van der Waals surface area contributed by atoms with Gasteiger partial charge in [0.1, 0.15) is 0 Å². The number of hydrogen-bond acceptors (Lipinski definition) is 2. The predicted molar refractivity (Wildman–Crippen MR) is 142 cm³/mol. The van der Waals surface area contributed by atoms with Crippen LogP contribution in [0.15, 0.2) is 36.4 Å². The van der Waals surface area contributed by atoms with Crippen LogP contribution in [0.4, 0.5) is 26.3 Å². The molecule has 0 bridgehead atoms. The van der Waals surface area contributed by atoms with Gasteiger partial charge in [-0.15, -0.1) is 0 Å². The highest BCUT2D eigenvalue weighted by Crippen LogP contribution is 2.44. The Morgan fingerprint density at radius 2 is 1.20 bits per heavy atom. The standard InChI is InChI=1S/C32H34F6O2/c1-3-5-6-7-25(39)24-15-13-21(28(34)31(24)37)19-10-8-18(9-11-19)20-12-14-22(29(35)27(20)33)23-16-17-26(40-4-2)32(38)30(23)36/h12-19,25,39H,3-11H2,1-2H3. The molecule has 8 heteroatoms. The molecule has 0 heterocycles. The van der Waals surface area contributed by atoms with Gasteiger partial charge in [-0.05, 0) is 74.1 Å². The van der Waals surface area contributed by atoms with Crippen molar-refractivity contribution in [1.82, 2.24) is 0 Å². The lowest BCUT2D eigenvalue weighted by Gasteiger charge is -2.30. The summed E-state index contributed by atoms with van der Waals surface area (Å²) in [5, 5.41) is 10.3. The van der Waals surface area contributed by atoms with Gasteiger partial charge in [-0.25, -0.2) is 22.0 Å². The number of aliphatic hydroxyl groups is 1. The van der Waals surface area contributed by atoms with E-state index in [-0.39, 0.29) is 40.9 Å². The monoisotopic (exact) mass is 564 g/mol. The van der Waals surface area contributed by atoms with Gasteiger partial charge in [0, 0.05) is 16.7 Å². The molecule has 0 amide bonds. The van der Waals surface area contributed by atoms with Crippen molar-refractivity contribution >= 4 is 0 Å². The van der Waals surface area contributed by atoms with Gasteiger partial charge in [0.15, 0.2) is 34.8 Å². The molecule has 1 unspecified atom stereocenters. The predicted octanol–water partition coefficient (Wildman–Crippen LogP) is 9.64. The quantitative estimate of drug-likeness (QED) is 0.196. The molecule has 4 rings (SSSR count). The average Bonchev–Trinajstić information content (AvgIpc) is 2.95. The minimum absolute atomic E-state index is 0.0486. The minimum Gasteiger partial charge on any atom is -0.491 e. The second kappa shape index (κ2) is 13.1. The summed E-state index contributed by atoms with van der Waals surface area (Å²) in [7, 11) is 0. The second-order valence-electron chi connectivity index (χ2n) is 10.4. The number of hydrogen-bond donors (Lipinski definition) is 1. The van der Waals surface area contributed by atoms with Crippen molar-refractivity contribution in [1.29, 1.82) is 0 Å². The van der Waals surface area contributed by atoms with E-state index in [1.807, 2.05) is 6.92 Å². The SMILES string of the molecule is CCCCCC(O)c1ccc(C2CCC(c3ccc(-c4ccc(OCC)c(F)c4F)c(F)c3F)CC2)c(F)c1F. The first-order chi connectivity index (χ1) is 19.2. The molecule has 216 valence electrons. The molecule has 0 spiro atoms. The molecule has 0 radical (unpaired) electrons. The summed E-state index contributed by atoms with van der Waals surface area (Å²) in [5.74, 6) is -7.99. The Morgan fingerprint density at radius 3 is 1.77 bits per heavy atom. The van der Waals surface area contributed by atoms with E-state index in [9.17, 15) is 18.3 Å². The highest BCUT2D eigenvalue weighted by molar-refractivity contribution is 5.66. The van der Waals surface area contributed by atoms with Crippen LogP contribution in [0, 0.1) is 34.9 Å². The average molecular weight is 565 g/mol. The molecule has 0 aromatic heterocycles. The fourth-order valence-corrected chi connectivity index (χ4v) is 5.71. The number of aliphatic hydroxyl groups excluding tert-OH is 1. The Hall–Kier alpha value is -3.00. The zero-order valence-corrected chi connectivity index (χ0v) is 22.7. The van der Waals surface area contributed by atoms with Gasteiger partial charge in [0.2, 0.25) is 5.82 Å². The molecule has 3 aromatic carbocycles. The molecule has 1 atom stereocenters. The molecule has 1 fully saturated rings. The molecule has 2 nitrogen and oxygen atoms in total. The van der Waals surface area contributed by atoms with Crippen LogP contribution in [0.25, 0.3) is 11.1 Å². The van der Waals surface area contributed by atoms with Gasteiger partial charge < -0.3 is 9.84 Å². The molecule has 1 aliphatic rings. The third kappa shape index (κ3) is 6.02. The summed E-state index contributed by atoms with van der Waals surface area (Å²) in [6, 6.07) is 7.88. The molecular weight excluding hydrogens is 530 g/mol. The summed E-state index contributed by atoms with van der Waals surface area (Å²) in [4.78, 5) is 0. The normalized spacial score (nSPS) is 18.1. The number of rotatable bonds is 10. The second-order valence-corrected chi connectivity index (χ2v) is 10.4. The van der Waals surface area contributed by atoms with Gasteiger partial charge in [0.05, 0.1) is 12.7 Å². The molecule has 0 saturated heterocycles. The molecular formula is C32H34F6O2. The van der Waals surface area contributed by atoms with Crippen LogP contribution in [0.3, 0.4) is 0 Å². The Balaban J connectivity index is 1.48. The van der Waals surface area contributed by atoms with Crippen LogP contribution in [-0.2, 0) is 0 Å². The number of ether oxygens (including phenoxy) is 1. The van der Waals surface area contributed by atoms with Gasteiger partial charge in [-0.2, -0.15) is 4.39 Å². The van der Waals surface area contributed by atoms with Crippen molar-refractivity contribution in [3.63, 3.8) is 0 Å². The zero-order chi connectivity index (χ0) is 29.0. The molecule has 3 aromatic rings. The molecule has 0 aliphatic heterocycles. The summed E-state index contributed by atoms with van der Waals surface area (Å²) in [5.41, 5.74) is -0.528. The van der Waals surface area contributed by atoms with E-state index in [2.05, 4.69) is 0 Å². The minimum atomic E-state index is -1.33. The number of halogens is 6. The van der Waals surface area contributed by atoms with Crippen molar-refractivity contribution in [2.45, 2.75) is 83.2 Å². The number of unbranched alkanes of at least 4 members (excludes halogenated alkanes) is 2. The third-order valence-electron chi connectivity index (χ3n) is 7.94. The maximum absolute atomic E-state index is 15.2. The third-order valence-corrected chi connectivity index (χ3v) is 7.94. The van der Waals surface area contributed by atoms with E-state index in [0.717, 1.165) is 18.9 Å². The molecule has 1 aliphatic carbocycles. The summed E-state index contributed by atoms with van der Waals surface area (Å²) < 4.78 is 94.1. The first-order valence-electron chi connectivity index (χ1n) is 13.9. The zero-order valence-electron chi connectivity index (χ0n) is 22.7. The Kier molecular flexibility index (Phi) is 9.82. The van der Waals surface area contributed by atoms with Gasteiger partial charge in [-0.3, -0.25) is 0 Å². The van der Waals surface area contributed by atoms with E-state index in [1.54, 1.807) is 6.92 Å². The van der Waals surface area contributed by atoms with Crippen LogP contribution >= 0.6 is 0 Å². The van der Waals surface area contributed by atoms with Crippen molar-refractivity contribution in [2.75, 3.05) is 6.61 Å². The van der Waals surface area contributed by atoms with Gasteiger partial charge in [0.25, 0.3) is 0 Å². The topological polar surface area (TPSA) is 29.5 Å². The van der Waals surface area contributed by atoms with Crippen molar-refractivity contribution in [2.24, 2.45) is 0 Å². The summed E-state index contributed by atoms with van der Waals surface area (Å²) >= 11 is 0. The van der Waals surface area contributed by atoms with Crippen molar-refractivity contribution < 1.29 is 36.2 Å². The number of benzene rings is 3. The van der Waals surface area contributed by atoms with Gasteiger partial charge in [-0.1, -0.05) is 50.5 Å². The lowest BCUT2D eigenvalue weighted by molar-refractivity contribution is 0.157. The Labute approximate surface area is 231 Å². The van der Waals surface area contributed by atoms with Crippen molar-refractivity contribution in [3.05, 3.63) is 88.0 Å². The van der Waals surface area contributed by atoms with E-state index < -0.39 is 52.1 Å². The molecule has 40 heavy (non-hydrogen) atoms. The smallest absolute Gasteiger partial charge is 0.201 e. The fraction of sp³-hybridized carbons (Fsp3) is 0.438. The first kappa shape index (κ1) is 30.0. The Morgan fingerprint density at radius 1 is 0.675 bits per heavy atom. The van der Waals surface area contributed by atoms with Crippen LogP contribution in [-0.4, -0.2) is 11.7 Å². The first-order valence-corrected chi connectivity index (χ1v) is 13.9. The van der Waals surface area contributed by atoms with Crippen LogP contribution in [0.2, 0.25) is 0 Å². The largest absolute Gasteiger partial charge is 0.491 e. The Bertz CT molecular complexity index is 1330. The van der Waals surface area contributed by atoms with Gasteiger partial charge >= 0.3 is 0 Å². The maximum atomic E-state index is 15.2. The van der Waals surface area contributed by atoms with E-state index in [4.69, 9.17) is 4.74 Å². The van der Waals surface area contributed by atoms with E-state index in [1.165, 1.54) is 30.3 Å². The summed E-state index contributed by atoms with van der Waals surface area (Å²) in [6.45, 7) is 3.74. The van der Waals surface area contributed by atoms with E-state index >= 15 is 13.2 Å². The lowest BCUT2D eigenvalue weighted by Crippen LogP contribution is -2.16. The van der Waals surface area contributed by atoms with Crippen LogP contribution in [0.5, 0.6) is 5.75 Å². The van der Waals surface area contributed by atoms with Crippen LogP contribution < -0.4 is 4.74 Å². The maximum Gasteiger partial charge on any atom is 0.201 e. The van der Waals surface area contributed by atoms with Crippen LogP contribution in [0.1, 0.15) is 99.8 Å².